The van der Waals surface area contributed by atoms with Gasteiger partial charge in [0.2, 0.25) is 0 Å². The zero-order valence-corrected chi connectivity index (χ0v) is 11.7. The molecule has 2 N–H and O–H groups in total. The van der Waals surface area contributed by atoms with Gasteiger partial charge in [0.05, 0.1) is 0 Å². The van der Waals surface area contributed by atoms with Crippen molar-refractivity contribution in [3.05, 3.63) is 64.7 Å². The first-order chi connectivity index (χ1) is 9.79. The number of benzene rings is 2. The van der Waals surface area contributed by atoms with Crippen LogP contribution in [0.1, 0.15) is 28.7 Å². The normalized spacial score (nSPS) is 21.5. The van der Waals surface area contributed by atoms with Crippen LogP contribution in [0.5, 0.6) is 0 Å². The Morgan fingerprint density at radius 2 is 1.70 bits per heavy atom. The van der Waals surface area contributed by atoms with E-state index in [1.807, 2.05) is 6.07 Å². The van der Waals surface area contributed by atoms with Gasteiger partial charge in [0.25, 0.3) is 0 Å². The van der Waals surface area contributed by atoms with E-state index in [2.05, 4.69) is 41.3 Å². The maximum absolute atomic E-state index is 5.90. The number of anilines is 1. The van der Waals surface area contributed by atoms with E-state index < -0.39 is 0 Å². The fourth-order valence-corrected chi connectivity index (χ4v) is 3.69. The van der Waals surface area contributed by atoms with Crippen LogP contribution in [-0.2, 0) is 25.9 Å². The first-order valence-electron chi connectivity index (χ1n) is 7.48. The zero-order chi connectivity index (χ0) is 13.5. The number of nitrogen functional groups attached to an aromatic ring is 1. The van der Waals surface area contributed by atoms with E-state index in [1.165, 1.54) is 30.4 Å². The van der Waals surface area contributed by atoms with Crippen LogP contribution in [0.3, 0.4) is 0 Å². The topological polar surface area (TPSA) is 29.3 Å². The van der Waals surface area contributed by atoms with Gasteiger partial charge < -0.3 is 5.73 Å². The van der Waals surface area contributed by atoms with Crippen LogP contribution in [0.15, 0.2) is 42.5 Å². The molecule has 0 fully saturated rings. The van der Waals surface area contributed by atoms with E-state index in [1.54, 1.807) is 11.1 Å². The number of nitrogens with two attached hydrogens (primary N) is 1. The monoisotopic (exact) mass is 264 g/mol. The Labute approximate surface area is 120 Å². The molecule has 2 aromatic carbocycles. The Morgan fingerprint density at radius 1 is 0.900 bits per heavy atom. The third kappa shape index (κ3) is 2.01. The minimum atomic E-state index is 0.679. The molecule has 0 spiro atoms. The second-order valence-electron chi connectivity index (χ2n) is 6.10. The first kappa shape index (κ1) is 12.0. The molecule has 0 saturated carbocycles. The molecule has 2 heteroatoms. The zero-order valence-electron chi connectivity index (χ0n) is 11.7. The van der Waals surface area contributed by atoms with Crippen molar-refractivity contribution in [2.45, 2.75) is 38.4 Å². The molecule has 1 heterocycles. The summed E-state index contributed by atoms with van der Waals surface area (Å²) in [5.41, 5.74) is 12.8. The van der Waals surface area contributed by atoms with E-state index >= 15 is 0 Å². The van der Waals surface area contributed by atoms with Gasteiger partial charge in [-0.3, -0.25) is 4.90 Å². The van der Waals surface area contributed by atoms with Crippen LogP contribution < -0.4 is 5.73 Å². The van der Waals surface area contributed by atoms with Gasteiger partial charge in [0.1, 0.15) is 0 Å². The number of rotatable bonds is 1. The summed E-state index contributed by atoms with van der Waals surface area (Å²) in [6.07, 6.45) is 3.69. The molecule has 0 saturated heterocycles. The molecule has 2 nitrogen and oxygen atoms in total. The number of hydrogen-bond acceptors (Lipinski definition) is 2. The van der Waals surface area contributed by atoms with Gasteiger partial charge in [0, 0.05) is 24.8 Å². The van der Waals surface area contributed by atoms with Gasteiger partial charge in [-0.2, -0.15) is 0 Å². The fraction of sp³-hybridized carbons (Fsp3) is 0.333. The van der Waals surface area contributed by atoms with E-state index in [4.69, 9.17) is 5.73 Å². The van der Waals surface area contributed by atoms with Gasteiger partial charge in [-0.25, -0.2) is 0 Å². The van der Waals surface area contributed by atoms with Crippen LogP contribution >= 0.6 is 0 Å². The van der Waals surface area contributed by atoms with Gasteiger partial charge >= 0.3 is 0 Å². The predicted molar refractivity (Wildman–Crippen MR) is 82.4 cm³/mol. The Bertz CT molecular complexity index is 648. The van der Waals surface area contributed by atoms with Crippen molar-refractivity contribution in [2.24, 2.45) is 0 Å². The molecule has 2 aliphatic rings. The number of aryl methyl sites for hydroxylation is 1. The second kappa shape index (κ2) is 4.64. The Morgan fingerprint density at radius 3 is 2.60 bits per heavy atom. The molecule has 0 bridgehead atoms. The summed E-state index contributed by atoms with van der Waals surface area (Å²) in [6.45, 7) is 2.15. The maximum atomic E-state index is 5.90. The van der Waals surface area contributed by atoms with Gasteiger partial charge in [-0.05, 0) is 53.6 Å². The summed E-state index contributed by atoms with van der Waals surface area (Å²) in [6, 6.07) is 16.0. The Balaban J connectivity index is 1.54. The largest absolute Gasteiger partial charge is 0.399 e. The molecule has 0 amide bonds. The van der Waals surface area contributed by atoms with Crippen molar-refractivity contribution >= 4 is 5.69 Å². The van der Waals surface area contributed by atoms with Gasteiger partial charge in [0.15, 0.2) is 0 Å². The van der Waals surface area contributed by atoms with Crippen molar-refractivity contribution < 1.29 is 0 Å². The molecule has 0 radical (unpaired) electrons. The standard InChI is InChI=1S/C18H20N2/c19-17-7-5-15-11-20(12-16(15)9-17)18-8-6-13-3-1-2-4-14(13)10-18/h1-5,7,9,18H,6,8,10-12,19H2. The quantitative estimate of drug-likeness (QED) is 0.802. The van der Waals surface area contributed by atoms with Crippen molar-refractivity contribution in [1.29, 1.82) is 0 Å². The lowest BCUT2D eigenvalue weighted by molar-refractivity contribution is 0.181. The lowest BCUT2D eigenvalue weighted by Crippen LogP contribution is -2.35. The second-order valence-corrected chi connectivity index (χ2v) is 6.10. The smallest absolute Gasteiger partial charge is 0.0317 e. The van der Waals surface area contributed by atoms with Crippen molar-refractivity contribution in [3.8, 4) is 0 Å². The highest BCUT2D eigenvalue weighted by atomic mass is 15.2. The average Bonchev–Trinajstić information content (AvgIpc) is 2.89. The number of fused-ring (bicyclic) bond motifs is 2. The SMILES string of the molecule is Nc1ccc2c(c1)CN(C1CCc3ccccc3C1)C2. The van der Waals surface area contributed by atoms with E-state index in [0.29, 0.717) is 6.04 Å². The lowest BCUT2D eigenvalue weighted by atomic mass is 9.87. The van der Waals surface area contributed by atoms with Crippen molar-refractivity contribution in [2.75, 3.05) is 5.73 Å². The molecule has 20 heavy (non-hydrogen) atoms. The summed E-state index contributed by atoms with van der Waals surface area (Å²) in [4.78, 5) is 2.63. The van der Waals surface area contributed by atoms with Crippen molar-refractivity contribution in [1.82, 2.24) is 4.90 Å². The van der Waals surface area contributed by atoms with Crippen LogP contribution in [0.25, 0.3) is 0 Å². The van der Waals surface area contributed by atoms with E-state index in [-0.39, 0.29) is 0 Å². The van der Waals surface area contributed by atoms with Crippen LogP contribution in [0.2, 0.25) is 0 Å². The summed E-state index contributed by atoms with van der Waals surface area (Å²) in [7, 11) is 0. The molecule has 1 aliphatic carbocycles. The summed E-state index contributed by atoms with van der Waals surface area (Å²) in [5.74, 6) is 0. The van der Waals surface area contributed by atoms with Crippen LogP contribution in [0.4, 0.5) is 5.69 Å². The average molecular weight is 264 g/mol. The molecule has 1 atom stereocenters. The van der Waals surface area contributed by atoms with Crippen molar-refractivity contribution in [3.63, 3.8) is 0 Å². The lowest BCUT2D eigenvalue weighted by Gasteiger charge is -2.32. The Kier molecular flexibility index (Phi) is 2.78. The van der Waals surface area contributed by atoms with E-state index in [0.717, 1.165) is 18.8 Å². The Hall–Kier alpha value is -1.80. The molecular weight excluding hydrogens is 244 g/mol. The van der Waals surface area contributed by atoms with E-state index in [9.17, 15) is 0 Å². The summed E-state index contributed by atoms with van der Waals surface area (Å²) < 4.78 is 0. The molecule has 1 unspecified atom stereocenters. The van der Waals surface area contributed by atoms with Crippen LogP contribution in [-0.4, -0.2) is 10.9 Å². The predicted octanol–water partition coefficient (Wildman–Crippen LogP) is 3.14. The van der Waals surface area contributed by atoms with Gasteiger partial charge in [-0.1, -0.05) is 30.3 Å². The third-order valence-electron chi connectivity index (χ3n) is 4.81. The molecule has 4 rings (SSSR count). The highest BCUT2D eigenvalue weighted by Gasteiger charge is 2.28. The minimum absolute atomic E-state index is 0.679. The third-order valence-corrected chi connectivity index (χ3v) is 4.81. The molecule has 102 valence electrons. The molecule has 0 aromatic heterocycles. The highest BCUT2D eigenvalue weighted by Crippen LogP contribution is 2.31. The van der Waals surface area contributed by atoms with Gasteiger partial charge in [-0.15, -0.1) is 0 Å². The molecular formula is C18H20N2. The number of hydrogen-bond donors (Lipinski definition) is 1. The highest BCUT2D eigenvalue weighted by molar-refractivity contribution is 5.46. The first-order valence-corrected chi connectivity index (χ1v) is 7.48. The maximum Gasteiger partial charge on any atom is 0.0317 e. The fourth-order valence-electron chi connectivity index (χ4n) is 3.69. The summed E-state index contributed by atoms with van der Waals surface area (Å²) in [5, 5.41) is 0. The number of nitrogens with zero attached hydrogens (tertiary/aromatic N) is 1. The minimum Gasteiger partial charge on any atom is -0.399 e. The summed E-state index contributed by atoms with van der Waals surface area (Å²) >= 11 is 0. The molecule has 2 aromatic rings. The van der Waals surface area contributed by atoms with Crippen LogP contribution in [0, 0.1) is 0 Å². The molecule has 1 aliphatic heterocycles.